The van der Waals surface area contributed by atoms with E-state index in [0.29, 0.717) is 47.7 Å². The van der Waals surface area contributed by atoms with Crippen LogP contribution in [-0.4, -0.2) is 210 Å². The van der Waals surface area contributed by atoms with Gasteiger partial charge < -0.3 is 79.7 Å². The molecule has 3 aliphatic heterocycles. The highest BCUT2D eigenvalue weighted by Crippen LogP contribution is 2.54. The molecule has 5 aliphatic rings. The first-order valence-electron chi connectivity index (χ1n) is 33.0. The number of hydrogen-bond acceptors (Lipinski definition) is 30. The lowest BCUT2D eigenvalue weighted by Crippen LogP contribution is -2.58. The van der Waals surface area contributed by atoms with Gasteiger partial charge >= 0.3 is 11.9 Å². The molecule has 10 rings (SSSR count). The number of aromatic hydroxyl groups is 2. The van der Waals surface area contributed by atoms with Crippen molar-refractivity contribution in [1.29, 1.82) is 0 Å². The molecule has 2 aromatic heterocycles. The topological polar surface area (TPSA) is 432 Å². The minimum Gasteiger partial charge on any atom is -0.507 e. The number of aromatic amines is 1. The number of aromatic nitrogens is 4. The number of methoxy groups -OCH3 is 1. The van der Waals surface area contributed by atoms with Gasteiger partial charge in [-0.2, -0.15) is 10.2 Å². The van der Waals surface area contributed by atoms with Gasteiger partial charge in [-0.15, -0.1) is 0 Å². The van der Waals surface area contributed by atoms with Crippen molar-refractivity contribution in [3.63, 3.8) is 0 Å². The summed E-state index contributed by atoms with van der Waals surface area (Å²) in [6.07, 6.45) is -5.48. The lowest BCUT2D eigenvalue weighted by Gasteiger charge is -2.48. The molecule has 100 heavy (non-hydrogen) atoms. The SMILES string of the molecule is CC[C@@]1(O)C[C@H](O[C@H]2C[C@@H](N(C)C)[C@H](O[C@H]3C[C@@H](O)[C@H](O[C@H]4CCC(=NCC(=O)CCSSCC(CC(=O)CCCNC(=O)c5ccc(NCc6cnc7nc(N)[nH]c(=O)c7n6)cc5)C(=O)OO)C(C)O4)C(C)O3)C(C)O2)c2c(cc3c(c2O)C(=O)c2c(O)cccc2C3=O)[C@H]1C(=O)OC. The van der Waals surface area contributed by atoms with E-state index in [1.807, 2.05) is 19.0 Å². The fourth-order valence-electron chi connectivity index (χ4n) is 13.3. The highest BCUT2D eigenvalue weighted by atomic mass is 33.1. The fourth-order valence-corrected chi connectivity index (χ4v) is 15.7. The number of nitrogen functional groups attached to an aromatic ring is 1. The van der Waals surface area contributed by atoms with Gasteiger partial charge in [0.15, 0.2) is 41.6 Å². The van der Waals surface area contributed by atoms with Crippen LogP contribution in [0.25, 0.3) is 11.2 Å². The number of anilines is 2. The zero-order valence-corrected chi connectivity index (χ0v) is 57.8. The van der Waals surface area contributed by atoms with Gasteiger partial charge in [-0.3, -0.25) is 43.5 Å². The van der Waals surface area contributed by atoms with Gasteiger partial charge in [-0.05, 0) is 96.1 Å². The maximum absolute atomic E-state index is 14.1. The molecule has 0 saturated carbocycles. The van der Waals surface area contributed by atoms with Gasteiger partial charge in [0, 0.05) is 103 Å². The van der Waals surface area contributed by atoms with Crippen molar-refractivity contribution in [3.05, 3.63) is 110 Å². The number of carbonyl (C=O) groups is 7. The highest BCUT2D eigenvalue weighted by Gasteiger charge is 2.54. The molecule has 14 atom stereocenters. The molecule has 538 valence electrons. The second kappa shape index (κ2) is 32.9. The number of nitrogens with zero attached hydrogens (tertiary/aromatic N) is 5. The van der Waals surface area contributed by atoms with E-state index in [4.69, 9.17) is 44.1 Å². The first-order valence-corrected chi connectivity index (χ1v) is 35.5. The van der Waals surface area contributed by atoms with Gasteiger partial charge in [0.2, 0.25) is 11.7 Å². The third kappa shape index (κ3) is 17.0. The Labute approximate surface area is 582 Å². The number of hydrogen-bond donors (Lipinski definition) is 9. The molecule has 5 heterocycles. The number of benzene rings is 3. The number of fused-ring (bicyclic) bond motifs is 4. The number of aliphatic hydroxyl groups is 2. The number of nitrogens with two attached hydrogens (primary N) is 1. The second-order valence-electron chi connectivity index (χ2n) is 25.6. The molecule has 0 bridgehead atoms. The number of nitrogens with one attached hydrogen (secondary N) is 3. The number of H-pyrrole nitrogens is 1. The van der Waals surface area contributed by atoms with E-state index in [0.717, 1.165) is 7.11 Å². The van der Waals surface area contributed by atoms with Gasteiger partial charge in [0.1, 0.15) is 35.4 Å². The Morgan fingerprint density at radius 1 is 0.890 bits per heavy atom. The molecule has 0 radical (unpaired) electrons. The van der Waals surface area contributed by atoms with Crippen LogP contribution in [0.5, 0.6) is 11.5 Å². The molecular formula is C68H83N9O21S2. The number of aliphatic imine (C=N–C) groups is 1. The van der Waals surface area contributed by atoms with E-state index in [2.05, 4.69) is 40.4 Å². The number of amides is 1. The van der Waals surface area contributed by atoms with Crippen LogP contribution in [0, 0.1) is 5.92 Å². The summed E-state index contributed by atoms with van der Waals surface area (Å²) in [7, 11) is 7.45. The predicted octanol–water partition coefficient (Wildman–Crippen LogP) is 5.39. The zero-order valence-electron chi connectivity index (χ0n) is 56.2. The van der Waals surface area contributed by atoms with Crippen LogP contribution >= 0.6 is 21.6 Å². The summed E-state index contributed by atoms with van der Waals surface area (Å²) in [4.78, 5) is 130. The number of carbonyl (C=O) groups excluding carboxylic acids is 7. The molecule has 5 aromatic rings. The molecule has 10 N–H and O–H groups in total. The summed E-state index contributed by atoms with van der Waals surface area (Å²) < 4.78 is 43.8. The Bertz CT molecular complexity index is 3960. The normalized spacial score (nSPS) is 26.5. The minimum atomic E-state index is -1.81. The first-order chi connectivity index (χ1) is 47.8. The molecule has 4 unspecified atom stereocenters. The van der Waals surface area contributed by atoms with Crippen molar-refractivity contribution in [2.24, 2.45) is 10.9 Å². The standard InChI is InChI=1S/C68H83N9O21S2/c1-8-68(89)27-48(53-42(55(68)66(88)91-7)24-43-54(59(53)84)58(83)52-41(57(43)82)12-9-13-46(52)80)95-50-25-45(77(5)6)60(33(3)93-50)97-51-26-47(81)61(34(4)94-51)96-49-19-18-44(32(2)92-49)72-30-40(79)20-22-99-100-31-36(65(87)98-90)23-39(78)11-10-21-70-63(85)35-14-16-37(17-15-35)71-28-38-29-73-62-56(74-38)64(86)76-67(69)75-62/h9,12-17,24,29,32-34,36,45,47-51,55,60-61,71,80-81,84,89-90H,8,10-11,18-23,25-28,30-31H2,1-7H3,(H,70,85)(H3,69,73,75,76,86)/t32?,33?,34?,36?,45-,47-,48+,49+,50+,51+,55+,60-,61-,68-/m1/s1. The van der Waals surface area contributed by atoms with Gasteiger partial charge in [0.05, 0.1) is 85.3 Å². The number of aliphatic hydroxyl groups excluding tert-OH is 1. The average molecular weight is 1430 g/mol. The summed E-state index contributed by atoms with van der Waals surface area (Å²) in [6, 6.07) is 11.6. The number of phenols is 2. The number of ether oxygens (including phenoxy) is 7. The van der Waals surface area contributed by atoms with Crippen LogP contribution in [-0.2, 0) is 63.8 Å². The molecule has 30 nitrogen and oxygen atoms in total. The summed E-state index contributed by atoms with van der Waals surface area (Å²) in [5.74, 6) is -6.96. The molecule has 3 fully saturated rings. The number of rotatable bonds is 28. The maximum Gasteiger partial charge on any atom is 0.346 e. The molecule has 3 aromatic carbocycles. The zero-order chi connectivity index (χ0) is 71.9. The second-order valence-corrected chi connectivity index (χ2v) is 28.3. The van der Waals surface area contributed by atoms with Crippen molar-refractivity contribution in [3.8, 4) is 11.5 Å². The molecular weight excluding hydrogens is 1340 g/mol. The average Bonchev–Trinajstić information content (AvgIpc) is 0.711. The number of phenolic OH excluding ortho intramolecular Hbond substituents is 2. The predicted molar refractivity (Wildman–Crippen MR) is 363 cm³/mol. The van der Waals surface area contributed by atoms with Gasteiger partial charge in [0.25, 0.3) is 11.5 Å². The quantitative estimate of drug-likeness (QED) is 0.00976. The molecule has 1 amide bonds. The monoisotopic (exact) mass is 1430 g/mol. The van der Waals surface area contributed by atoms with Crippen molar-refractivity contribution in [2.75, 3.05) is 56.9 Å². The third-order valence-electron chi connectivity index (χ3n) is 18.7. The maximum atomic E-state index is 14.1. The lowest BCUT2D eigenvalue weighted by molar-refractivity contribution is -0.324. The van der Waals surface area contributed by atoms with Crippen LogP contribution in [0.1, 0.15) is 163 Å². The van der Waals surface area contributed by atoms with Crippen LogP contribution in [0.15, 0.2) is 64.5 Å². The van der Waals surface area contributed by atoms with Crippen molar-refractivity contribution < 1.29 is 97.3 Å². The number of likely N-dealkylation sites (N-methyl/N-ethyl adjacent to an activating group) is 1. The third-order valence-corrected chi connectivity index (χ3v) is 21.1. The van der Waals surface area contributed by atoms with E-state index in [9.17, 15) is 58.8 Å². The van der Waals surface area contributed by atoms with E-state index < -0.39 is 126 Å². The van der Waals surface area contributed by atoms with Crippen LogP contribution < -0.4 is 21.9 Å². The van der Waals surface area contributed by atoms with E-state index >= 15 is 0 Å². The largest absolute Gasteiger partial charge is 0.507 e. The minimum absolute atomic E-state index is 0.00567. The summed E-state index contributed by atoms with van der Waals surface area (Å²) in [5, 5.41) is 61.8. The summed E-state index contributed by atoms with van der Waals surface area (Å²) in [6.45, 7) is 7.38. The molecule has 0 spiro atoms. The number of Topliss-reactive ketones (excluding diaryl/α,β-unsaturated/α-hetero) is 2. The number of ketones is 4. The van der Waals surface area contributed by atoms with Crippen molar-refractivity contribution in [1.82, 2.24) is 30.2 Å². The number of esters is 1. The van der Waals surface area contributed by atoms with Crippen LogP contribution in [0.2, 0.25) is 0 Å². The lowest BCUT2D eigenvalue weighted by atomic mass is 9.67. The van der Waals surface area contributed by atoms with Crippen LogP contribution in [0.3, 0.4) is 0 Å². The first kappa shape index (κ1) is 74.8. The Balaban J connectivity index is 0.630. The van der Waals surface area contributed by atoms with E-state index in [1.54, 1.807) is 52.0 Å². The molecule has 2 aliphatic carbocycles. The van der Waals surface area contributed by atoms with Crippen molar-refractivity contribution in [2.45, 2.75) is 178 Å². The molecule has 32 heteroatoms. The summed E-state index contributed by atoms with van der Waals surface area (Å²) in [5.41, 5.74) is 4.76. The van der Waals surface area contributed by atoms with Gasteiger partial charge in [-0.1, -0.05) is 40.6 Å². The fraction of sp³-hybridized carbons (Fsp3) is 0.529. The summed E-state index contributed by atoms with van der Waals surface area (Å²) >= 11 is 0. The Morgan fingerprint density at radius 3 is 2.32 bits per heavy atom. The Morgan fingerprint density at radius 2 is 1.62 bits per heavy atom. The van der Waals surface area contributed by atoms with E-state index in [-0.39, 0.29) is 138 Å². The van der Waals surface area contributed by atoms with Crippen molar-refractivity contribution >= 4 is 91.1 Å². The van der Waals surface area contributed by atoms with E-state index in [1.165, 1.54) is 52.1 Å². The molecule has 3 saturated heterocycles. The Kier molecular flexibility index (Phi) is 24.6. The smallest absolute Gasteiger partial charge is 0.346 e. The van der Waals surface area contributed by atoms with Crippen LogP contribution in [0.4, 0.5) is 11.6 Å². The Hall–Kier alpha value is -7.86. The van der Waals surface area contributed by atoms with Gasteiger partial charge in [-0.25, -0.2) is 14.8 Å². The highest BCUT2D eigenvalue weighted by molar-refractivity contribution is 8.76.